The highest BCUT2D eigenvalue weighted by molar-refractivity contribution is 5.48. The smallest absolute Gasteiger partial charge is 0.125 e. The Morgan fingerprint density at radius 1 is 1.54 bits per heavy atom. The quantitative estimate of drug-likeness (QED) is 0.690. The van der Waals surface area contributed by atoms with Crippen molar-refractivity contribution < 1.29 is 9.13 Å². The molecule has 72 valence electrons. The molecule has 13 heavy (non-hydrogen) atoms. The summed E-state index contributed by atoms with van der Waals surface area (Å²) in [5.41, 5.74) is 12.4. The molecule has 0 amide bonds. The van der Waals surface area contributed by atoms with Crippen molar-refractivity contribution in [2.75, 3.05) is 19.5 Å². The minimum Gasteiger partial charge on any atom is -0.398 e. The second kappa shape index (κ2) is 4.20. The third-order valence-electron chi connectivity index (χ3n) is 1.79. The van der Waals surface area contributed by atoms with Crippen LogP contribution in [0.1, 0.15) is 11.6 Å². The fraction of sp³-hybridized carbons (Fsp3) is 0.333. The van der Waals surface area contributed by atoms with Gasteiger partial charge in [-0.05, 0) is 17.7 Å². The van der Waals surface area contributed by atoms with Crippen molar-refractivity contribution in [3.05, 3.63) is 29.6 Å². The van der Waals surface area contributed by atoms with Crippen molar-refractivity contribution in [1.29, 1.82) is 0 Å². The summed E-state index contributed by atoms with van der Waals surface area (Å²) in [5, 5.41) is 0. The van der Waals surface area contributed by atoms with Gasteiger partial charge in [0.05, 0.1) is 12.6 Å². The molecule has 0 aliphatic carbocycles. The first-order valence-corrected chi connectivity index (χ1v) is 3.94. The summed E-state index contributed by atoms with van der Waals surface area (Å²) in [6.45, 7) is 0.371. The summed E-state index contributed by atoms with van der Waals surface area (Å²) < 4.78 is 17.5. The summed E-state index contributed by atoms with van der Waals surface area (Å²) in [4.78, 5) is 0. The lowest BCUT2D eigenvalue weighted by atomic mass is 10.1. The maximum Gasteiger partial charge on any atom is 0.125 e. The van der Waals surface area contributed by atoms with Crippen LogP contribution in [0.15, 0.2) is 18.2 Å². The highest BCUT2D eigenvalue weighted by Gasteiger charge is 2.09. The standard InChI is InChI=1S/C9H13FN2O/c1-13-5-9(12)7-3-2-6(10)4-8(7)11/h2-4,9H,5,11-12H2,1H3. The van der Waals surface area contributed by atoms with Gasteiger partial charge in [-0.2, -0.15) is 0 Å². The van der Waals surface area contributed by atoms with Gasteiger partial charge in [0.25, 0.3) is 0 Å². The summed E-state index contributed by atoms with van der Waals surface area (Å²) in [7, 11) is 1.56. The maximum absolute atomic E-state index is 12.6. The van der Waals surface area contributed by atoms with Gasteiger partial charge in [-0.15, -0.1) is 0 Å². The zero-order chi connectivity index (χ0) is 9.84. The van der Waals surface area contributed by atoms with Gasteiger partial charge in [-0.1, -0.05) is 6.07 Å². The van der Waals surface area contributed by atoms with Gasteiger partial charge in [0.15, 0.2) is 0 Å². The van der Waals surface area contributed by atoms with Crippen LogP contribution in [0, 0.1) is 5.82 Å². The number of nitrogens with two attached hydrogens (primary N) is 2. The number of anilines is 1. The Hall–Kier alpha value is -1.13. The van der Waals surface area contributed by atoms with Crippen molar-refractivity contribution in [3.8, 4) is 0 Å². The molecule has 1 atom stereocenters. The number of rotatable bonds is 3. The number of hydrogen-bond donors (Lipinski definition) is 2. The van der Waals surface area contributed by atoms with E-state index >= 15 is 0 Å². The van der Waals surface area contributed by atoms with Crippen LogP contribution in [0.3, 0.4) is 0 Å². The molecule has 1 aromatic carbocycles. The summed E-state index contributed by atoms with van der Waals surface area (Å²) >= 11 is 0. The largest absolute Gasteiger partial charge is 0.398 e. The van der Waals surface area contributed by atoms with E-state index in [2.05, 4.69) is 0 Å². The van der Waals surface area contributed by atoms with Crippen molar-refractivity contribution in [1.82, 2.24) is 0 Å². The van der Waals surface area contributed by atoms with Gasteiger partial charge >= 0.3 is 0 Å². The molecular weight excluding hydrogens is 171 g/mol. The minimum atomic E-state index is -0.356. The van der Waals surface area contributed by atoms with Gasteiger partial charge < -0.3 is 16.2 Å². The Morgan fingerprint density at radius 3 is 2.77 bits per heavy atom. The SMILES string of the molecule is COCC(N)c1ccc(F)cc1N. The van der Waals surface area contributed by atoms with Gasteiger partial charge in [-0.25, -0.2) is 4.39 Å². The van der Waals surface area contributed by atoms with Crippen LogP contribution in [0.25, 0.3) is 0 Å². The van der Waals surface area contributed by atoms with Crippen LogP contribution >= 0.6 is 0 Å². The van der Waals surface area contributed by atoms with E-state index in [0.717, 1.165) is 0 Å². The normalized spacial score (nSPS) is 12.8. The predicted octanol–water partition coefficient (Wildman–Crippen LogP) is 1.05. The molecule has 0 saturated carbocycles. The molecule has 1 rings (SSSR count). The molecule has 4 N–H and O–H groups in total. The molecule has 0 saturated heterocycles. The zero-order valence-corrected chi connectivity index (χ0v) is 7.46. The minimum absolute atomic E-state index is 0.300. The molecule has 4 heteroatoms. The molecule has 0 heterocycles. The van der Waals surface area contributed by atoms with E-state index in [1.807, 2.05) is 0 Å². The Kier molecular flexibility index (Phi) is 3.22. The molecule has 0 aromatic heterocycles. The van der Waals surface area contributed by atoms with Gasteiger partial charge in [0, 0.05) is 12.8 Å². The molecule has 0 aliphatic heterocycles. The molecule has 1 aromatic rings. The lowest BCUT2D eigenvalue weighted by Crippen LogP contribution is -2.17. The van der Waals surface area contributed by atoms with Crippen LogP contribution in [0.5, 0.6) is 0 Å². The van der Waals surface area contributed by atoms with E-state index in [-0.39, 0.29) is 11.9 Å². The number of hydrogen-bond acceptors (Lipinski definition) is 3. The first-order valence-electron chi connectivity index (χ1n) is 3.94. The zero-order valence-electron chi connectivity index (χ0n) is 7.46. The molecule has 3 nitrogen and oxygen atoms in total. The molecule has 1 unspecified atom stereocenters. The Morgan fingerprint density at radius 2 is 2.23 bits per heavy atom. The van der Waals surface area contributed by atoms with E-state index in [1.165, 1.54) is 12.1 Å². The van der Waals surface area contributed by atoms with Crippen LogP contribution in [0.4, 0.5) is 10.1 Å². The van der Waals surface area contributed by atoms with Crippen LogP contribution < -0.4 is 11.5 Å². The Bertz CT molecular complexity index is 291. The summed E-state index contributed by atoms with van der Waals surface area (Å²) in [6, 6.07) is 3.87. The van der Waals surface area contributed by atoms with E-state index < -0.39 is 0 Å². The van der Waals surface area contributed by atoms with Gasteiger partial charge in [-0.3, -0.25) is 0 Å². The first kappa shape index (κ1) is 9.95. The summed E-state index contributed by atoms with van der Waals surface area (Å²) in [6.07, 6.45) is 0. The molecule has 0 bridgehead atoms. The van der Waals surface area contributed by atoms with Crippen molar-refractivity contribution in [2.24, 2.45) is 5.73 Å². The lowest BCUT2D eigenvalue weighted by molar-refractivity contribution is 0.181. The van der Waals surface area contributed by atoms with Gasteiger partial charge in [0.1, 0.15) is 5.82 Å². The third kappa shape index (κ3) is 2.40. The summed E-state index contributed by atoms with van der Waals surface area (Å²) in [5.74, 6) is -0.356. The monoisotopic (exact) mass is 184 g/mol. The molecule has 0 radical (unpaired) electrons. The van der Waals surface area contributed by atoms with Crippen molar-refractivity contribution >= 4 is 5.69 Å². The average molecular weight is 184 g/mol. The second-order valence-electron chi connectivity index (χ2n) is 2.84. The van der Waals surface area contributed by atoms with E-state index in [4.69, 9.17) is 16.2 Å². The Balaban J connectivity index is 2.88. The molecule has 0 spiro atoms. The lowest BCUT2D eigenvalue weighted by Gasteiger charge is -2.12. The fourth-order valence-electron chi connectivity index (χ4n) is 1.15. The van der Waals surface area contributed by atoms with Crippen LogP contribution in [-0.4, -0.2) is 13.7 Å². The van der Waals surface area contributed by atoms with Crippen molar-refractivity contribution in [2.45, 2.75) is 6.04 Å². The fourth-order valence-corrected chi connectivity index (χ4v) is 1.15. The van der Waals surface area contributed by atoms with Gasteiger partial charge in [0.2, 0.25) is 0 Å². The Labute approximate surface area is 76.5 Å². The average Bonchev–Trinajstić information content (AvgIpc) is 2.04. The highest BCUT2D eigenvalue weighted by atomic mass is 19.1. The van der Waals surface area contributed by atoms with Crippen LogP contribution in [0.2, 0.25) is 0 Å². The molecule has 0 fully saturated rings. The molecule has 0 aliphatic rings. The predicted molar refractivity (Wildman–Crippen MR) is 49.6 cm³/mol. The number of ether oxygens (including phenoxy) is 1. The molecular formula is C9H13FN2O. The van der Waals surface area contributed by atoms with E-state index in [1.54, 1.807) is 13.2 Å². The van der Waals surface area contributed by atoms with E-state index in [9.17, 15) is 4.39 Å². The number of benzene rings is 1. The topological polar surface area (TPSA) is 61.3 Å². The number of methoxy groups -OCH3 is 1. The van der Waals surface area contributed by atoms with Crippen LogP contribution in [-0.2, 0) is 4.74 Å². The van der Waals surface area contributed by atoms with Crippen molar-refractivity contribution in [3.63, 3.8) is 0 Å². The third-order valence-corrected chi connectivity index (χ3v) is 1.79. The second-order valence-corrected chi connectivity index (χ2v) is 2.84. The van der Waals surface area contributed by atoms with E-state index in [0.29, 0.717) is 17.9 Å². The highest BCUT2D eigenvalue weighted by Crippen LogP contribution is 2.19. The first-order chi connectivity index (χ1) is 6.15. The maximum atomic E-state index is 12.6. The number of nitrogen functional groups attached to an aromatic ring is 1. The number of halogens is 1.